The highest BCUT2D eigenvalue weighted by Crippen LogP contribution is 2.39. The number of amides is 1. The Morgan fingerprint density at radius 3 is 2.50 bits per heavy atom. The Labute approximate surface area is 194 Å². The Morgan fingerprint density at radius 2 is 1.88 bits per heavy atom. The first kappa shape index (κ1) is 22.4. The average Bonchev–Trinajstić information content (AvgIpc) is 3.61. The summed E-state index contributed by atoms with van der Waals surface area (Å²) in [6, 6.07) is 18.8. The topological polar surface area (TPSA) is 71.2 Å². The molecule has 1 aromatic heterocycles. The summed E-state index contributed by atoms with van der Waals surface area (Å²) < 4.78 is 0. The molecule has 0 spiro atoms. The van der Waals surface area contributed by atoms with Gasteiger partial charge in [-0.05, 0) is 68.0 Å². The van der Waals surface area contributed by atoms with Gasteiger partial charge in [0.25, 0.3) is 5.91 Å². The summed E-state index contributed by atoms with van der Waals surface area (Å²) in [5.41, 5.74) is 10.00. The van der Waals surface area contributed by atoms with Crippen molar-refractivity contribution in [3.63, 3.8) is 0 Å². The van der Waals surface area contributed by atoms with Gasteiger partial charge in [0.2, 0.25) is 0 Å². The van der Waals surface area contributed by atoms with Crippen LogP contribution in [0.1, 0.15) is 43.7 Å². The molecule has 1 aliphatic carbocycles. The lowest BCUT2D eigenvalue weighted by Crippen LogP contribution is -2.31. The van der Waals surface area contributed by atoms with E-state index in [4.69, 9.17) is 5.73 Å². The molecule has 32 heavy (non-hydrogen) atoms. The van der Waals surface area contributed by atoms with Gasteiger partial charge in [-0.2, -0.15) is 0 Å². The third-order valence-electron chi connectivity index (χ3n) is 5.74. The lowest BCUT2D eigenvalue weighted by Gasteiger charge is -2.22. The van der Waals surface area contributed by atoms with Crippen LogP contribution >= 0.6 is 11.8 Å². The zero-order valence-electron chi connectivity index (χ0n) is 18.6. The van der Waals surface area contributed by atoms with Gasteiger partial charge in [-0.3, -0.25) is 9.78 Å². The largest absolute Gasteiger partial charge is 0.371 e. The second kappa shape index (κ2) is 10.2. The van der Waals surface area contributed by atoms with E-state index in [9.17, 15) is 4.79 Å². The minimum atomic E-state index is -0.359. The zero-order chi connectivity index (χ0) is 22.5. The standard InChI is InChI=1S/C17H20N4OS.C9H10/c1-3-21(4-2)14-7-8-19-13-6-5-11(9-12(13)14)10-15-16(22)20-17(18)23-15;1-2-4-8(5-3-1)9-6-7-9/h5-10,17H,3-4,18H2,1-2H3,(H,20,22);1-5,9H,6-7H2/b15-10-;. The van der Waals surface area contributed by atoms with E-state index in [1.54, 1.807) is 0 Å². The van der Waals surface area contributed by atoms with Crippen molar-refractivity contribution in [1.29, 1.82) is 0 Å². The van der Waals surface area contributed by atoms with Crippen LogP contribution in [0.4, 0.5) is 5.69 Å². The molecule has 2 aromatic carbocycles. The third kappa shape index (κ3) is 5.31. The number of carbonyl (C=O) groups is 1. The predicted octanol–water partition coefficient (Wildman–Crippen LogP) is 5.09. The van der Waals surface area contributed by atoms with Crippen molar-refractivity contribution in [1.82, 2.24) is 10.3 Å². The van der Waals surface area contributed by atoms with Gasteiger partial charge in [0.05, 0.1) is 10.4 Å². The van der Waals surface area contributed by atoms with Crippen LogP contribution in [0.15, 0.2) is 65.7 Å². The molecular formula is C26H30N4OS. The molecule has 1 unspecified atom stereocenters. The Balaban J connectivity index is 0.000000225. The summed E-state index contributed by atoms with van der Waals surface area (Å²) in [6.45, 7) is 6.16. The molecule has 2 heterocycles. The molecule has 6 heteroatoms. The number of rotatable bonds is 5. The molecule has 1 amide bonds. The molecule has 1 aliphatic heterocycles. The zero-order valence-corrected chi connectivity index (χ0v) is 19.4. The van der Waals surface area contributed by atoms with Crippen LogP contribution in [0.25, 0.3) is 17.0 Å². The lowest BCUT2D eigenvalue weighted by atomic mass is 10.1. The quantitative estimate of drug-likeness (QED) is 0.534. The Morgan fingerprint density at radius 1 is 1.12 bits per heavy atom. The Bertz CT molecular complexity index is 1110. The maximum Gasteiger partial charge on any atom is 0.259 e. The number of fused-ring (bicyclic) bond motifs is 1. The van der Waals surface area contributed by atoms with Crippen LogP contribution in [-0.4, -0.2) is 29.5 Å². The molecule has 1 atom stereocenters. The lowest BCUT2D eigenvalue weighted by molar-refractivity contribution is -0.116. The molecule has 1 saturated heterocycles. The fourth-order valence-corrected chi connectivity index (χ4v) is 4.70. The van der Waals surface area contributed by atoms with E-state index in [0.717, 1.165) is 35.5 Å². The summed E-state index contributed by atoms with van der Waals surface area (Å²) in [4.78, 5) is 19.2. The first-order valence-electron chi connectivity index (χ1n) is 11.2. The van der Waals surface area contributed by atoms with E-state index in [2.05, 4.69) is 65.4 Å². The number of aromatic nitrogens is 1. The summed E-state index contributed by atoms with van der Waals surface area (Å²) in [5.74, 6) is 0.795. The minimum Gasteiger partial charge on any atom is -0.371 e. The maximum atomic E-state index is 11.8. The van der Waals surface area contributed by atoms with Gasteiger partial charge in [0, 0.05) is 30.4 Å². The molecule has 3 N–H and O–H groups in total. The second-order valence-electron chi connectivity index (χ2n) is 7.98. The summed E-state index contributed by atoms with van der Waals surface area (Å²) >= 11 is 1.35. The predicted molar refractivity (Wildman–Crippen MR) is 135 cm³/mol. The van der Waals surface area contributed by atoms with Crippen LogP contribution in [0.3, 0.4) is 0 Å². The fraction of sp³-hybridized carbons (Fsp3) is 0.308. The van der Waals surface area contributed by atoms with Crippen LogP contribution in [0, 0.1) is 0 Å². The molecule has 2 aliphatic rings. The number of pyridine rings is 1. The highest BCUT2D eigenvalue weighted by atomic mass is 32.2. The second-order valence-corrected chi connectivity index (χ2v) is 9.17. The molecule has 3 aromatic rings. The minimum absolute atomic E-state index is 0.113. The van der Waals surface area contributed by atoms with E-state index in [1.165, 1.54) is 35.9 Å². The van der Waals surface area contributed by atoms with Gasteiger partial charge >= 0.3 is 0 Å². The molecule has 2 fully saturated rings. The Hall–Kier alpha value is -2.83. The van der Waals surface area contributed by atoms with Crippen molar-refractivity contribution in [3.8, 4) is 0 Å². The van der Waals surface area contributed by atoms with Gasteiger partial charge in [-0.25, -0.2) is 0 Å². The molecule has 0 radical (unpaired) electrons. The number of anilines is 1. The fourth-order valence-electron chi connectivity index (χ4n) is 3.89. The number of carbonyl (C=O) groups excluding carboxylic acids is 1. The van der Waals surface area contributed by atoms with Crippen molar-refractivity contribution in [2.24, 2.45) is 5.73 Å². The van der Waals surface area contributed by atoms with Crippen molar-refractivity contribution >= 4 is 40.3 Å². The number of thioether (sulfide) groups is 1. The normalized spacial score (nSPS) is 18.9. The summed E-state index contributed by atoms with van der Waals surface area (Å²) in [5, 5.41) is 3.78. The third-order valence-corrected chi connectivity index (χ3v) is 6.67. The van der Waals surface area contributed by atoms with E-state index in [1.807, 2.05) is 30.5 Å². The van der Waals surface area contributed by atoms with Crippen LogP contribution in [-0.2, 0) is 4.79 Å². The van der Waals surface area contributed by atoms with E-state index in [0.29, 0.717) is 4.91 Å². The highest BCUT2D eigenvalue weighted by molar-refractivity contribution is 8.05. The van der Waals surface area contributed by atoms with Crippen LogP contribution < -0.4 is 16.0 Å². The van der Waals surface area contributed by atoms with Gasteiger partial charge < -0.3 is 16.0 Å². The number of nitrogens with zero attached hydrogens (tertiary/aromatic N) is 2. The van der Waals surface area contributed by atoms with Crippen LogP contribution in [0.5, 0.6) is 0 Å². The first-order valence-corrected chi connectivity index (χ1v) is 12.1. The first-order chi connectivity index (χ1) is 15.6. The van der Waals surface area contributed by atoms with Gasteiger partial charge in [-0.15, -0.1) is 0 Å². The number of nitrogens with one attached hydrogen (secondary N) is 1. The van der Waals surface area contributed by atoms with E-state index >= 15 is 0 Å². The molecular weight excluding hydrogens is 416 g/mol. The van der Waals surface area contributed by atoms with Gasteiger partial charge in [-0.1, -0.05) is 48.2 Å². The summed E-state index contributed by atoms with van der Waals surface area (Å²) in [7, 11) is 0. The van der Waals surface area contributed by atoms with Gasteiger partial charge in [0.15, 0.2) is 0 Å². The number of hydrogen-bond donors (Lipinski definition) is 2. The van der Waals surface area contributed by atoms with E-state index < -0.39 is 0 Å². The smallest absolute Gasteiger partial charge is 0.259 e. The molecule has 166 valence electrons. The molecule has 5 rings (SSSR count). The SMILES string of the molecule is CCN(CC)c1ccnc2ccc(/C=C3\SC(N)NC3=O)cc12.c1ccc(C2CC2)cc1. The number of nitrogens with two attached hydrogens (primary N) is 1. The Kier molecular flexibility index (Phi) is 7.12. The van der Waals surface area contributed by atoms with Crippen molar-refractivity contribution < 1.29 is 4.79 Å². The van der Waals surface area contributed by atoms with Crippen molar-refractivity contribution in [2.75, 3.05) is 18.0 Å². The summed E-state index contributed by atoms with van der Waals surface area (Å²) in [6.07, 6.45) is 6.53. The molecule has 0 bridgehead atoms. The monoisotopic (exact) mass is 446 g/mol. The van der Waals surface area contributed by atoms with Gasteiger partial charge in [0.1, 0.15) is 5.50 Å². The van der Waals surface area contributed by atoms with Crippen molar-refractivity contribution in [2.45, 2.75) is 38.1 Å². The number of benzene rings is 2. The van der Waals surface area contributed by atoms with Crippen molar-refractivity contribution in [3.05, 3.63) is 76.8 Å². The van der Waals surface area contributed by atoms with E-state index in [-0.39, 0.29) is 11.4 Å². The average molecular weight is 447 g/mol. The molecule has 1 saturated carbocycles. The van der Waals surface area contributed by atoms with Crippen LogP contribution in [0.2, 0.25) is 0 Å². The molecule has 5 nitrogen and oxygen atoms in total. The maximum absolute atomic E-state index is 11.8. The highest BCUT2D eigenvalue weighted by Gasteiger charge is 2.24. The number of hydrogen-bond acceptors (Lipinski definition) is 5.